The maximum atomic E-state index is 12.5. The summed E-state index contributed by atoms with van der Waals surface area (Å²) in [6, 6.07) is -5.71. The van der Waals surface area contributed by atoms with Crippen molar-refractivity contribution in [1.29, 1.82) is 0 Å². The second-order valence-corrected chi connectivity index (χ2v) is 6.92. The van der Waals surface area contributed by atoms with Crippen molar-refractivity contribution in [1.82, 2.24) is 16.0 Å². The Hall–Kier alpha value is -3.75. The van der Waals surface area contributed by atoms with E-state index in [0.29, 0.717) is 0 Å². The van der Waals surface area contributed by atoms with E-state index in [9.17, 15) is 38.7 Å². The Bertz CT molecular complexity index is 755. The summed E-state index contributed by atoms with van der Waals surface area (Å²) in [6.45, 7) is 1.30. The van der Waals surface area contributed by atoms with Crippen LogP contribution in [0, 0.1) is 0 Å². The molecule has 0 saturated carbocycles. The molecule has 4 unspecified atom stereocenters. The molecule has 0 aliphatic rings. The molecule has 0 rings (SSSR count). The predicted molar refractivity (Wildman–Crippen MR) is 106 cm³/mol. The monoisotopic (exact) mass is 460 g/mol. The number of aliphatic carboxylic acids is 2. The molecule has 0 aromatic carbocycles. The molecule has 0 aromatic heterocycles. The Morgan fingerprint density at radius 1 is 0.719 bits per heavy atom. The van der Waals surface area contributed by atoms with Crippen molar-refractivity contribution in [3.63, 3.8) is 0 Å². The molecule has 15 heteroatoms. The van der Waals surface area contributed by atoms with Gasteiger partial charge in [-0.2, -0.15) is 0 Å². The van der Waals surface area contributed by atoms with E-state index in [1.54, 1.807) is 0 Å². The molecular weight excluding hydrogens is 432 g/mol. The molecule has 15 nitrogen and oxygen atoms in total. The maximum absolute atomic E-state index is 12.5. The number of amides is 5. The van der Waals surface area contributed by atoms with E-state index in [4.69, 9.17) is 22.3 Å². The first-order chi connectivity index (χ1) is 14.7. The number of carboxylic acids is 2. The van der Waals surface area contributed by atoms with Crippen molar-refractivity contribution >= 4 is 41.5 Å². The van der Waals surface area contributed by atoms with E-state index in [0.717, 1.165) is 0 Å². The third-order valence-corrected chi connectivity index (χ3v) is 4.03. The molecule has 0 aliphatic carbocycles. The largest absolute Gasteiger partial charge is 0.481 e. The van der Waals surface area contributed by atoms with Crippen LogP contribution in [0.2, 0.25) is 0 Å². The standard InChI is InChI=1S/C17H28N6O9/c1-7(18)14(28)23-10(6-13(26)27)16(30)21-8(2-4-11(19)24)15(29)22-9(17(31)32)3-5-12(20)25/h7-10H,2-6,18H2,1H3,(H2,19,24)(H2,20,25)(H,21,30)(H,22,29)(H,23,28)(H,26,27)(H,31,32). The highest BCUT2D eigenvalue weighted by atomic mass is 16.4. The van der Waals surface area contributed by atoms with Crippen LogP contribution in [-0.4, -0.2) is 75.9 Å². The van der Waals surface area contributed by atoms with Gasteiger partial charge in [0.1, 0.15) is 18.1 Å². The molecule has 0 heterocycles. The van der Waals surface area contributed by atoms with E-state index in [2.05, 4.69) is 16.0 Å². The maximum Gasteiger partial charge on any atom is 0.326 e. The fraction of sp³-hybridized carbons (Fsp3) is 0.588. The molecule has 32 heavy (non-hydrogen) atoms. The molecule has 0 radical (unpaired) electrons. The van der Waals surface area contributed by atoms with Crippen LogP contribution in [0.1, 0.15) is 39.0 Å². The van der Waals surface area contributed by atoms with Crippen molar-refractivity contribution in [2.75, 3.05) is 0 Å². The minimum absolute atomic E-state index is 0.334. The molecular formula is C17H28N6O9. The van der Waals surface area contributed by atoms with Gasteiger partial charge in [0.2, 0.25) is 29.5 Å². The summed E-state index contributed by atoms with van der Waals surface area (Å²) in [6.07, 6.45) is -2.26. The predicted octanol–water partition coefficient (Wildman–Crippen LogP) is -4.12. The summed E-state index contributed by atoms with van der Waals surface area (Å²) in [5, 5.41) is 24.6. The van der Waals surface area contributed by atoms with Gasteiger partial charge in [-0.15, -0.1) is 0 Å². The van der Waals surface area contributed by atoms with Crippen LogP contribution in [0.3, 0.4) is 0 Å². The Morgan fingerprint density at radius 2 is 1.12 bits per heavy atom. The van der Waals surface area contributed by atoms with Crippen LogP contribution in [-0.2, 0) is 33.6 Å². The number of carboxylic acid groups (broad SMARTS) is 2. The first-order valence-corrected chi connectivity index (χ1v) is 9.42. The molecule has 0 bridgehead atoms. The number of primary amides is 2. The molecule has 0 aliphatic heterocycles. The second kappa shape index (κ2) is 13.5. The van der Waals surface area contributed by atoms with Crippen molar-refractivity contribution < 1.29 is 43.8 Å². The zero-order valence-corrected chi connectivity index (χ0v) is 17.3. The quantitative estimate of drug-likeness (QED) is 0.117. The van der Waals surface area contributed by atoms with E-state index in [-0.39, 0.29) is 25.7 Å². The Kier molecular flexibility index (Phi) is 11.9. The minimum Gasteiger partial charge on any atom is -0.481 e. The number of carbonyl (C=O) groups is 7. The minimum atomic E-state index is -1.61. The zero-order valence-electron chi connectivity index (χ0n) is 17.3. The Morgan fingerprint density at radius 3 is 1.53 bits per heavy atom. The van der Waals surface area contributed by atoms with Gasteiger partial charge in [0.05, 0.1) is 12.5 Å². The highest BCUT2D eigenvalue weighted by Crippen LogP contribution is 2.04. The molecule has 4 atom stereocenters. The third kappa shape index (κ3) is 11.4. The van der Waals surface area contributed by atoms with Crippen molar-refractivity contribution in [2.24, 2.45) is 17.2 Å². The van der Waals surface area contributed by atoms with Crippen LogP contribution >= 0.6 is 0 Å². The van der Waals surface area contributed by atoms with E-state index in [1.807, 2.05) is 0 Å². The third-order valence-electron chi connectivity index (χ3n) is 4.03. The summed E-state index contributed by atoms with van der Waals surface area (Å²) >= 11 is 0. The van der Waals surface area contributed by atoms with E-state index < -0.39 is 72.1 Å². The second-order valence-electron chi connectivity index (χ2n) is 6.92. The number of hydrogen-bond donors (Lipinski definition) is 8. The summed E-state index contributed by atoms with van der Waals surface area (Å²) in [4.78, 5) is 81.2. The number of nitrogens with one attached hydrogen (secondary N) is 3. The lowest BCUT2D eigenvalue weighted by molar-refractivity contribution is -0.143. The van der Waals surface area contributed by atoms with Crippen LogP contribution in [0.15, 0.2) is 0 Å². The van der Waals surface area contributed by atoms with Gasteiger partial charge in [0.25, 0.3) is 0 Å². The number of carbonyl (C=O) groups excluding carboxylic acids is 5. The smallest absolute Gasteiger partial charge is 0.326 e. The van der Waals surface area contributed by atoms with Crippen molar-refractivity contribution in [3.8, 4) is 0 Å². The summed E-state index contributed by atoms with van der Waals surface area (Å²) in [7, 11) is 0. The van der Waals surface area contributed by atoms with Crippen LogP contribution in [0.25, 0.3) is 0 Å². The highest BCUT2D eigenvalue weighted by molar-refractivity contribution is 5.95. The Balaban J connectivity index is 5.52. The SMILES string of the molecule is CC(N)C(=O)NC(CC(=O)O)C(=O)NC(CCC(N)=O)C(=O)NC(CCC(N)=O)C(=O)O. The van der Waals surface area contributed by atoms with Gasteiger partial charge >= 0.3 is 11.9 Å². The number of hydrogen-bond acceptors (Lipinski definition) is 8. The summed E-state index contributed by atoms with van der Waals surface area (Å²) in [5.41, 5.74) is 15.4. The lowest BCUT2D eigenvalue weighted by Gasteiger charge is -2.24. The van der Waals surface area contributed by atoms with Gasteiger partial charge in [-0.3, -0.25) is 28.8 Å². The fourth-order valence-electron chi connectivity index (χ4n) is 2.33. The van der Waals surface area contributed by atoms with Gasteiger partial charge in [-0.1, -0.05) is 0 Å². The molecule has 0 spiro atoms. The molecule has 5 amide bonds. The van der Waals surface area contributed by atoms with Crippen LogP contribution < -0.4 is 33.2 Å². The Labute approximate surface area is 182 Å². The fourth-order valence-corrected chi connectivity index (χ4v) is 2.33. The summed E-state index contributed by atoms with van der Waals surface area (Å²) < 4.78 is 0. The zero-order chi connectivity index (χ0) is 25.0. The number of nitrogens with two attached hydrogens (primary N) is 3. The van der Waals surface area contributed by atoms with Gasteiger partial charge in [0.15, 0.2) is 0 Å². The lowest BCUT2D eigenvalue weighted by atomic mass is 10.1. The first-order valence-electron chi connectivity index (χ1n) is 9.42. The van der Waals surface area contributed by atoms with Crippen molar-refractivity contribution in [3.05, 3.63) is 0 Å². The van der Waals surface area contributed by atoms with Gasteiger partial charge in [-0.05, 0) is 19.8 Å². The normalized spacial score (nSPS) is 14.2. The van der Waals surface area contributed by atoms with E-state index >= 15 is 0 Å². The molecule has 0 fully saturated rings. The van der Waals surface area contributed by atoms with Gasteiger partial charge < -0.3 is 43.4 Å². The highest BCUT2D eigenvalue weighted by Gasteiger charge is 2.31. The van der Waals surface area contributed by atoms with E-state index in [1.165, 1.54) is 6.92 Å². The van der Waals surface area contributed by atoms with Crippen LogP contribution in [0.4, 0.5) is 0 Å². The molecule has 0 saturated heterocycles. The van der Waals surface area contributed by atoms with Crippen LogP contribution in [0.5, 0.6) is 0 Å². The average molecular weight is 460 g/mol. The lowest BCUT2D eigenvalue weighted by Crippen LogP contribution is -2.57. The van der Waals surface area contributed by atoms with Gasteiger partial charge in [-0.25, -0.2) is 4.79 Å². The summed E-state index contributed by atoms with van der Waals surface area (Å²) in [5.74, 6) is -7.50. The first kappa shape index (κ1) is 28.2. The van der Waals surface area contributed by atoms with Gasteiger partial charge in [0, 0.05) is 12.8 Å². The topological polar surface area (TPSA) is 274 Å². The average Bonchev–Trinajstić information content (AvgIpc) is 2.66. The van der Waals surface area contributed by atoms with Crippen molar-refractivity contribution in [2.45, 2.75) is 63.2 Å². The molecule has 11 N–H and O–H groups in total. The molecule has 180 valence electrons. The number of rotatable bonds is 15. The molecule has 0 aromatic rings.